The van der Waals surface area contributed by atoms with E-state index in [4.69, 9.17) is 24.3 Å². The number of nitrogens with zero attached hydrogens (tertiary/aromatic N) is 1. The molecule has 0 spiro atoms. The van der Waals surface area contributed by atoms with E-state index in [-0.39, 0.29) is 18.9 Å². The number of amides is 1. The molecule has 1 aliphatic rings. The summed E-state index contributed by atoms with van der Waals surface area (Å²) >= 11 is 3.52. The maximum Gasteiger partial charge on any atom is 0.266 e. The highest BCUT2D eigenvalue weighted by Crippen LogP contribution is 2.43. The molecular formula is C37H38BrN3O5. The lowest BCUT2D eigenvalue weighted by Gasteiger charge is -2.30. The van der Waals surface area contributed by atoms with Crippen molar-refractivity contribution in [1.29, 1.82) is 0 Å². The van der Waals surface area contributed by atoms with E-state index in [0.717, 1.165) is 32.5 Å². The monoisotopic (exact) mass is 683 g/mol. The molecule has 0 radical (unpaired) electrons. The van der Waals surface area contributed by atoms with Crippen LogP contribution in [0, 0.1) is 0 Å². The van der Waals surface area contributed by atoms with Crippen LogP contribution in [0.15, 0.2) is 119 Å². The number of hydrazine groups is 1. The minimum atomic E-state index is -1.31. The summed E-state index contributed by atoms with van der Waals surface area (Å²) in [6, 6.07) is 33.0. The molecule has 0 saturated carbocycles. The van der Waals surface area contributed by atoms with E-state index in [1.54, 1.807) is 7.11 Å². The minimum Gasteiger partial charge on any atom is -0.497 e. The Morgan fingerprint density at radius 2 is 1.78 bits per heavy atom. The van der Waals surface area contributed by atoms with Crippen molar-refractivity contribution in [1.82, 2.24) is 10.9 Å². The van der Waals surface area contributed by atoms with Crippen LogP contribution < -0.4 is 20.3 Å². The summed E-state index contributed by atoms with van der Waals surface area (Å²) in [5, 5.41) is 9.06. The van der Waals surface area contributed by atoms with E-state index in [2.05, 4.69) is 26.8 Å². The third-order valence-corrected chi connectivity index (χ3v) is 8.15. The highest BCUT2D eigenvalue weighted by atomic mass is 79.9. The summed E-state index contributed by atoms with van der Waals surface area (Å²) in [6.07, 6.45) is 4.80. The van der Waals surface area contributed by atoms with Gasteiger partial charge in [0.05, 0.1) is 13.7 Å². The third-order valence-electron chi connectivity index (χ3n) is 7.62. The fourth-order valence-electron chi connectivity index (χ4n) is 5.18. The van der Waals surface area contributed by atoms with Gasteiger partial charge >= 0.3 is 0 Å². The molecule has 4 aromatic carbocycles. The highest BCUT2D eigenvalue weighted by molar-refractivity contribution is 9.10. The second-order valence-electron chi connectivity index (χ2n) is 10.8. The van der Waals surface area contributed by atoms with Gasteiger partial charge < -0.3 is 19.3 Å². The Bertz CT molecular complexity index is 1630. The SMILES string of the molecule is COc1cccc(CCNNC(=O)[C@@]2(C/C=C/c3ccccc3)N=C(c3ccc(OCCCO)cc3)O[C@H]2c2ccc(Br)cc2)c1. The first-order chi connectivity index (χ1) is 22.5. The largest absolute Gasteiger partial charge is 0.497 e. The maximum atomic E-state index is 14.3. The first-order valence-electron chi connectivity index (χ1n) is 15.2. The number of carbonyl (C=O) groups is 1. The molecule has 5 rings (SSSR count). The number of carbonyl (C=O) groups excluding carboxylic acids is 1. The van der Waals surface area contributed by atoms with Crippen LogP contribution in [0.3, 0.4) is 0 Å². The Labute approximate surface area is 278 Å². The van der Waals surface area contributed by atoms with Crippen molar-refractivity contribution in [3.8, 4) is 11.5 Å². The van der Waals surface area contributed by atoms with E-state index >= 15 is 0 Å². The van der Waals surface area contributed by atoms with Gasteiger partial charge in [-0.2, -0.15) is 0 Å². The van der Waals surface area contributed by atoms with Crippen LogP contribution in [0.2, 0.25) is 0 Å². The molecule has 238 valence electrons. The van der Waals surface area contributed by atoms with Crippen molar-refractivity contribution in [2.45, 2.75) is 30.9 Å². The summed E-state index contributed by atoms with van der Waals surface area (Å²) < 4.78 is 18.5. The van der Waals surface area contributed by atoms with Gasteiger partial charge in [0.25, 0.3) is 5.91 Å². The van der Waals surface area contributed by atoms with Gasteiger partial charge in [0.2, 0.25) is 5.90 Å². The molecule has 0 unspecified atom stereocenters. The van der Waals surface area contributed by atoms with Crippen LogP contribution in [0.25, 0.3) is 6.08 Å². The van der Waals surface area contributed by atoms with Crippen molar-refractivity contribution in [3.63, 3.8) is 0 Å². The van der Waals surface area contributed by atoms with Gasteiger partial charge in [-0.15, -0.1) is 0 Å². The van der Waals surface area contributed by atoms with Crippen LogP contribution in [0.1, 0.15) is 41.2 Å². The number of methoxy groups -OCH3 is 1. The van der Waals surface area contributed by atoms with Crippen LogP contribution >= 0.6 is 15.9 Å². The number of halogens is 1. The second-order valence-corrected chi connectivity index (χ2v) is 11.8. The van der Waals surface area contributed by atoms with Crippen molar-refractivity contribution in [3.05, 3.63) is 136 Å². The number of aliphatic imine (C=N–C) groups is 1. The first kappa shape index (κ1) is 32.9. The van der Waals surface area contributed by atoms with Crippen LogP contribution in [0.5, 0.6) is 11.5 Å². The summed E-state index contributed by atoms with van der Waals surface area (Å²) in [7, 11) is 1.64. The van der Waals surface area contributed by atoms with E-state index in [1.807, 2.05) is 115 Å². The van der Waals surface area contributed by atoms with E-state index in [1.165, 1.54) is 0 Å². The molecule has 0 bridgehead atoms. The van der Waals surface area contributed by atoms with Gasteiger partial charge in [0, 0.05) is 36.0 Å². The number of ether oxygens (including phenoxy) is 3. The Morgan fingerprint density at radius 1 is 1.00 bits per heavy atom. The standard InChI is InChI=1S/C37H38BrN3O5/c1-44-33-12-5-10-28(26-33)21-23-39-41-36(43)37(22-6-11-27-8-3-2-4-9-27)34(29-13-17-31(38)18-14-29)46-35(40-37)30-15-19-32(20-16-30)45-25-7-24-42/h2-6,8-20,26,34,39,42H,7,21-25H2,1H3,(H,41,43)/b11-6+/t34-,37-/m0/s1. The first-order valence-corrected chi connectivity index (χ1v) is 16.0. The fourth-order valence-corrected chi connectivity index (χ4v) is 5.44. The van der Waals surface area contributed by atoms with E-state index in [9.17, 15) is 4.79 Å². The lowest BCUT2D eigenvalue weighted by Crippen LogP contribution is -2.52. The molecule has 1 heterocycles. The number of nitrogens with one attached hydrogen (secondary N) is 2. The Hall–Kier alpha value is -4.44. The Kier molecular flexibility index (Phi) is 11.6. The zero-order valence-corrected chi connectivity index (χ0v) is 27.3. The summed E-state index contributed by atoms with van der Waals surface area (Å²) in [5.41, 5.74) is 8.41. The van der Waals surface area contributed by atoms with Gasteiger partial charge in [0.1, 0.15) is 11.5 Å². The maximum absolute atomic E-state index is 14.3. The van der Waals surface area contributed by atoms with Crippen molar-refractivity contribution >= 4 is 33.8 Å². The number of aliphatic hydroxyl groups excluding tert-OH is 1. The number of rotatable bonds is 15. The molecule has 8 nitrogen and oxygen atoms in total. The smallest absolute Gasteiger partial charge is 0.266 e. The molecule has 0 saturated heterocycles. The average molecular weight is 685 g/mol. The van der Waals surface area contributed by atoms with E-state index < -0.39 is 11.6 Å². The fraction of sp³-hybridized carbons (Fsp3) is 0.243. The molecule has 9 heteroatoms. The average Bonchev–Trinajstić information content (AvgIpc) is 3.48. The van der Waals surface area contributed by atoms with Gasteiger partial charge in [-0.1, -0.05) is 82.7 Å². The third kappa shape index (κ3) is 8.42. The zero-order valence-electron chi connectivity index (χ0n) is 25.7. The molecule has 1 aliphatic heterocycles. The number of hydrogen-bond donors (Lipinski definition) is 3. The summed E-state index contributed by atoms with van der Waals surface area (Å²) in [4.78, 5) is 19.3. The normalized spacial score (nSPS) is 17.4. The summed E-state index contributed by atoms with van der Waals surface area (Å²) in [5.74, 6) is 1.53. The molecule has 1 amide bonds. The quantitative estimate of drug-likeness (QED) is 0.0985. The predicted octanol–water partition coefficient (Wildman–Crippen LogP) is 6.44. The Morgan fingerprint density at radius 3 is 2.52 bits per heavy atom. The molecule has 3 N–H and O–H groups in total. The lowest BCUT2D eigenvalue weighted by molar-refractivity contribution is -0.129. The zero-order chi connectivity index (χ0) is 32.2. The lowest BCUT2D eigenvalue weighted by atomic mass is 9.84. The van der Waals surface area contributed by atoms with Gasteiger partial charge in [-0.25, -0.2) is 10.4 Å². The molecule has 0 aliphatic carbocycles. The van der Waals surface area contributed by atoms with Gasteiger partial charge in [-0.05, 0) is 71.6 Å². The minimum absolute atomic E-state index is 0.0684. The van der Waals surface area contributed by atoms with E-state index in [0.29, 0.717) is 37.6 Å². The number of hydrogen-bond acceptors (Lipinski definition) is 7. The summed E-state index contributed by atoms with van der Waals surface area (Å²) in [6.45, 7) is 0.993. The molecule has 2 atom stereocenters. The van der Waals surface area contributed by atoms with Crippen LogP contribution in [-0.2, 0) is 16.0 Å². The second kappa shape index (κ2) is 16.2. The number of aliphatic hydroxyl groups is 1. The van der Waals surface area contributed by atoms with Crippen molar-refractivity contribution < 1.29 is 24.1 Å². The Balaban J connectivity index is 1.44. The molecule has 0 fully saturated rings. The van der Waals surface area contributed by atoms with Crippen LogP contribution in [-0.4, -0.2) is 49.3 Å². The van der Waals surface area contributed by atoms with Gasteiger partial charge in [0.15, 0.2) is 11.6 Å². The topological polar surface area (TPSA) is 101 Å². The molecule has 46 heavy (non-hydrogen) atoms. The molecular weight excluding hydrogens is 646 g/mol. The molecule has 0 aromatic heterocycles. The molecule has 4 aromatic rings. The highest BCUT2D eigenvalue weighted by Gasteiger charge is 2.52. The predicted molar refractivity (Wildman–Crippen MR) is 184 cm³/mol. The van der Waals surface area contributed by atoms with Crippen molar-refractivity contribution in [2.24, 2.45) is 4.99 Å². The van der Waals surface area contributed by atoms with Crippen molar-refractivity contribution in [2.75, 3.05) is 26.9 Å². The van der Waals surface area contributed by atoms with Crippen LogP contribution in [0.4, 0.5) is 0 Å². The van der Waals surface area contributed by atoms with Gasteiger partial charge in [-0.3, -0.25) is 10.2 Å². The number of benzene rings is 4.